The summed E-state index contributed by atoms with van der Waals surface area (Å²) in [6, 6.07) is 6.58. The molecule has 2 rings (SSSR count). The van der Waals surface area contributed by atoms with Gasteiger partial charge in [-0.25, -0.2) is 0 Å². The van der Waals surface area contributed by atoms with Crippen LogP contribution in [-0.2, 0) is 20.7 Å². The van der Waals surface area contributed by atoms with Gasteiger partial charge in [-0.2, -0.15) is 0 Å². The summed E-state index contributed by atoms with van der Waals surface area (Å²) in [5.41, 5.74) is 1.31. The third kappa shape index (κ3) is 39.5. The standard InChI is InChI=1S/C57H95NO7/c59-56(60)41-35-31-27-23-19-15-11-7-3-1-5-9-13-17-21-25-29-33-37-46-64-54-50-53(40-39-43-58-44-48-63-49-45-58)51-55(52-54)65-47-38-34-30-26-22-18-14-10-6-2-4-8-12-16-20-24-28-32-36-42-57(61)62/h1-2,5-8,11-12,50-52H,3-4,9-10,13-49H2,(H,59,60)(H,61,62). The lowest BCUT2D eigenvalue weighted by atomic mass is 10.1. The first-order valence-electron chi connectivity index (χ1n) is 26.8. The van der Waals surface area contributed by atoms with Gasteiger partial charge < -0.3 is 24.4 Å². The lowest BCUT2D eigenvalue weighted by Crippen LogP contribution is -2.36. The zero-order valence-electron chi connectivity index (χ0n) is 41.2. The normalized spacial score (nSPS) is 13.6. The number of morpholine rings is 1. The fourth-order valence-electron chi connectivity index (χ4n) is 8.30. The van der Waals surface area contributed by atoms with Crippen LogP contribution in [0.3, 0.4) is 0 Å². The Kier molecular flexibility index (Phi) is 39.5. The van der Waals surface area contributed by atoms with E-state index in [0.29, 0.717) is 12.8 Å². The largest absolute Gasteiger partial charge is 0.493 e. The molecule has 370 valence electrons. The van der Waals surface area contributed by atoms with Crippen molar-refractivity contribution < 1.29 is 34.0 Å². The summed E-state index contributed by atoms with van der Waals surface area (Å²) in [4.78, 5) is 23.6. The summed E-state index contributed by atoms with van der Waals surface area (Å²) in [6.45, 7) is 6.41. The average molecular weight is 906 g/mol. The number of carboxylic acids is 2. The number of ether oxygens (including phenoxy) is 3. The highest BCUT2D eigenvalue weighted by molar-refractivity contribution is 5.66. The van der Waals surface area contributed by atoms with E-state index in [0.717, 1.165) is 147 Å². The molecule has 0 atom stereocenters. The van der Waals surface area contributed by atoms with Gasteiger partial charge >= 0.3 is 11.9 Å². The second kappa shape index (κ2) is 44.5. The quantitative estimate of drug-likeness (QED) is 0.0492. The third-order valence-electron chi connectivity index (χ3n) is 12.3. The zero-order chi connectivity index (χ0) is 46.4. The van der Waals surface area contributed by atoms with Crippen LogP contribution in [0.1, 0.15) is 217 Å². The SMILES string of the molecule is O=C(O)CCCCCCCC=CCC=CCCCCCCCCCOc1cc(CCCN2CCOCC2)cc(OCCCCCCCCCC=CCC=CCCCCCCCC(=O)O)c1. The van der Waals surface area contributed by atoms with E-state index in [9.17, 15) is 9.59 Å². The van der Waals surface area contributed by atoms with Gasteiger partial charge in [0.2, 0.25) is 0 Å². The van der Waals surface area contributed by atoms with Gasteiger partial charge in [0, 0.05) is 32.0 Å². The van der Waals surface area contributed by atoms with E-state index in [1.54, 1.807) is 0 Å². The van der Waals surface area contributed by atoms with Crippen molar-refractivity contribution in [3.05, 3.63) is 72.4 Å². The van der Waals surface area contributed by atoms with E-state index in [-0.39, 0.29) is 0 Å². The van der Waals surface area contributed by atoms with Crippen molar-refractivity contribution in [1.29, 1.82) is 0 Å². The second-order valence-corrected chi connectivity index (χ2v) is 18.4. The number of unbranched alkanes of at least 4 members (excludes halogenated alkanes) is 24. The number of hydrogen-bond acceptors (Lipinski definition) is 6. The second-order valence-electron chi connectivity index (χ2n) is 18.4. The van der Waals surface area contributed by atoms with Gasteiger partial charge in [-0.1, -0.05) is 151 Å². The van der Waals surface area contributed by atoms with Crippen LogP contribution in [-0.4, -0.2) is 73.1 Å². The van der Waals surface area contributed by atoms with E-state index in [1.165, 1.54) is 121 Å². The molecule has 0 aliphatic carbocycles. The maximum atomic E-state index is 10.6. The third-order valence-corrected chi connectivity index (χ3v) is 12.3. The highest BCUT2D eigenvalue weighted by Crippen LogP contribution is 2.25. The number of rotatable bonds is 46. The Morgan fingerprint density at radius 2 is 0.815 bits per heavy atom. The molecule has 1 aliphatic rings. The minimum Gasteiger partial charge on any atom is -0.493 e. The van der Waals surface area contributed by atoms with Gasteiger partial charge in [0.1, 0.15) is 11.5 Å². The molecular formula is C57H95NO7. The van der Waals surface area contributed by atoms with Crippen molar-refractivity contribution >= 4 is 11.9 Å². The predicted octanol–water partition coefficient (Wildman–Crippen LogP) is 15.6. The molecule has 0 aromatic heterocycles. The average Bonchev–Trinajstić information content (AvgIpc) is 3.30. The molecule has 2 N–H and O–H groups in total. The van der Waals surface area contributed by atoms with Crippen molar-refractivity contribution in [3.63, 3.8) is 0 Å². The van der Waals surface area contributed by atoms with Crippen molar-refractivity contribution in [2.24, 2.45) is 0 Å². The maximum absolute atomic E-state index is 10.6. The maximum Gasteiger partial charge on any atom is 0.303 e. The summed E-state index contributed by atoms with van der Waals surface area (Å²) >= 11 is 0. The number of aryl methyl sites for hydroxylation is 1. The molecule has 0 saturated carbocycles. The Labute approximate surface area is 397 Å². The number of hydrogen-bond donors (Lipinski definition) is 2. The number of carbonyl (C=O) groups is 2. The van der Waals surface area contributed by atoms with E-state index >= 15 is 0 Å². The molecule has 1 aromatic carbocycles. The number of benzene rings is 1. The van der Waals surface area contributed by atoms with E-state index in [1.807, 2.05) is 0 Å². The van der Waals surface area contributed by atoms with Crippen LogP contribution >= 0.6 is 0 Å². The number of nitrogens with zero attached hydrogens (tertiary/aromatic N) is 1. The fraction of sp³-hybridized carbons (Fsp3) is 0.719. The minimum absolute atomic E-state index is 0.307. The topological polar surface area (TPSA) is 106 Å². The van der Waals surface area contributed by atoms with Crippen molar-refractivity contribution in [1.82, 2.24) is 4.90 Å². The molecule has 0 radical (unpaired) electrons. The molecule has 65 heavy (non-hydrogen) atoms. The van der Waals surface area contributed by atoms with Crippen LogP contribution in [0.4, 0.5) is 0 Å². The molecule has 1 aliphatic heterocycles. The van der Waals surface area contributed by atoms with Gasteiger partial charge in [-0.3, -0.25) is 14.5 Å². The lowest BCUT2D eigenvalue weighted by molar-refractivity contribution is -0.138. The monoisotopic (exact) mass is 906 g/mol. The minimum atomic E-state index is -0.678. The summed E-state index contributed by atoms with van der Waals surface area (Å²) in [5.74, 6) is 0.551. The fourth-order valence-corrected chi connectivity index (χ4v) is 8.30. The van der Waals surface area contributed by atoms with Crippen molar-refractivity contribution in [2.45, 2.75) is 218 Å². The van der Waals surface area contributed by atoms with Gasteiger partial charge in [0.05, 0.1) is 26.4 Å². The summed E-state index contributed by atoms with van der Waals surface area (Å²) in [5, 5.41) is 17.4. The molecule has 0 spiro atoms. The van der Waals surface area contributed by atoms with E-state index in [2.05, 4.69) is 71.7 Å². The Morgan fingerprint density at radius 1 is 0.462 bits per heavy atom. The predicted molar refractivity (Wildman–Crippen MR) is 273 cm³/mol. The van der Waals surface area contributed by atoms with E-state index < -0.39 is 11.9 Å². The Balaban J connectivity index is 1.50. The van der Waals surface area contributed by atoms with Gasteiger partial charge in [0.15, 0.2) is 0 Å². The lowest BCUT2D eigenvalue weighted by Gasteiger charge is -2.26. The number of aliphatic carboxylic acids is 2. The molecule has 1 fully saturated rings. The number of carboxylic acid groups (broad SMARTS) is 2. The van der Waals surface area contributed by atoms with Crippen LogP contribution in [0.25, 0.3) is 0 Å². The van der Waals surface area contributed by atoms with E-state index in [4.69, 9.17) is 24.4 Å². The van der Waals surface area contributed by atoms with Crippen LogP contribution in [0.2, 0.25) is 0 Å². The van der Waals surface area contributed by atoms with Gasteiger partial charge in [0.25, 0.3) is 0 Å². The molecular weight excluding hydrogens is 811 g/mol. The Bertz CT molecular complexity index is 1290. The van der Waals surface area contributed by atoms with Gasteiger partial charge in [-0.15, -0.1) is 0 Å². The van der Waals surface area contributed by atoms with Crippen molar-refractivity contribution in [3.8, 4) is 11.5 Å². The molecule has 8 nitrogen and oxygen atoms in total. The molecule has 1 saturated heterocycles. The molecule has 1 heterocycles. The molecule has 0 bridgehead atoms. The summed E-state index contributed by atoms with van der Waals surface area (Å²) in [7, 11) is 0. The first-order chi connectivity index (χ1) is 32.0. The van der Waals surface area contributed by atoms with Gasteiger partial charge in [-0.05, 0) is 127 Å². The first kappa shape index (κ1) is 57.8. The highest BCUT2D eigenvalue weighted by Gasteiger charge is 2.11. The summed E-state index contributed by atoms with van der Waals surface area (Å²) < 4.78 is 18.2. The smallest absolute Gasteiger partial charge is 0.303 e. The van der Waals surface area contributed by atoms with Crippen molar-refractivity contribution in [2.75, 3.05) is 46.1 Å². The number of allylic oxidation sites excluding steroid dienone is 8. The Morgan fingerprint density at radius 3 is 1.20 bits per heavy atom. The highest BCUT2D eigenvalue weighted by atomic mass is 16.5. The molecule has 8 heteroatoms. The first-order valence-corrected chi connectivity index (χ1v) is 26.8. The molecule has 1 aromatic rings. The Hall–Kier alpha value is -3.36. The van der Waals surface area contributed by atoms with Crippen LogP contribution in [0.5, 0.6) is 11.5 Å². The van der Waals surface area contributed by atoms with Crippen LogP contribution in [0, 0.1) is 0 Å². The molecule has 0 unspecified atom stereocenters. The summed E-state index contributed by atoms with van der Waals surface area (Å²) in [6.07, 6.45) is 56.3. The van der Waals surface area contributed by atoms with Crippen LogP contribution in [0.15, 0.2) is 66.8 Å². The zero-order valence-corrected chi connectivity index (χ0v) is 41.2. The molecule has 0 amide bonds. The van der Waals surface area contributed by atoms with Crippen LogP contribution < -0.4 is 9.47 Å².